The lowest BCUT2D eigenvalue weighted by molar-refractivity contribution is -0.163. The first-order valence-corrected chi connectivity index (χ1v) is 45.0. The van der Waals surface area contributed by atoms with Crippen molar-refractivity contribution < 1.29 is 115 Å². The summed E-state index contributed by atoms with van der Waals surface area (Å²) >= 11 is 0. The summed E-state index contributed by atoms with van der Waals surface area (Å²) < 4.78 is 61.2. The highest BCUT2D eigenvalue weighted by Gasteiger charge is 2.53. The maximum absolute atomic E-state index is 12.9. The molecule has 2 atom stereocenters. The van der Waals surface area contributed by atoms with Crippen LogP contribution in [0, 0.1) is 5.41 Å². The standard InChI is InChI=1S/C23H22N4O4.C14H17N3O4.C14H15N3O3.C13H12N2O3.2C10H12N2O2.C10H10O3.C6H11NO3/c1-27-18-9-5-6-10-19(18)31-12-17(21(27)29)25-20(28)16-11-24-22(26-16)23(13-30-14-23)15-7-3-2-4-8-15;1-2-21-12(18)11(15)16-17-13(19)14(8-20-9-14)10-6-4-3-5-7-10;1-2-20-12(18)11-15-13(17-16-11)14(8-19-9-14)10-6-4-3-5-7-10;16-11(17)10-6-14-12(15-10)13(7-18-8-13)9-4-2-1-3-5-9;1-12-8-4-2-3-5-9(8)14-6-7(11)10(12)13;11-12-9(13)10(6-14-7-10)8-4-2-1-3-5-8;11-9(12)10(6-13-7-10)8-4-2-1-3-5-8;1-3-9-5(7)6(8)10-4-2/h2-10,17H,11-14H2,1H3,(H,25,28);3-7H,2,8-9H2,1H3,(H2,15,16)(H,17,19);3-7H,2,8-9H2,1H3,(H,15,16,17);1-5H,6-8H2,(H,16,17);2-5,7H,6,11H2,1H3;1-5H,6-7,11H2,(H,12,13);1-5H,6-7H2,(H,11,12);7H,3-4H2,1-2H3/t17-;;;;7-;;;/m0...0.../s1. The van der Waals surface area contributed by atoms with E-state index >= 15 is 0 Å². The summed E-state index contributed by atoms with van der Waals surface area (Å²) in [5.41, 5.74) is 19.9. The van der Waals surface area contributed by atoms with Crippen molar-refractivity contribution in [2.75, 3.05) is 156 Å². The van der Waals surface area contributed by atoms with Crippen molar-refractivity contribution in [2.45, 2.75) is 72.3 Å². The molecule has 0 radical (unpaired) electrons. The number of fused-ring (bicyclic) bond motifs is 2. The number of ether oxygens (including phenoxy) is 12. The van der Waals surface area contributed by atoms with E-state index in [1.807, 2.05) is 224 Å². The molecule has 0 unspecified atom stereocenters. The maximum Gasteiger partial charge on any atom is 0.393 e. The fourth-order valence-corrected chi connectivity index (χ4v) is 15.4. The largest absolute Gasteiger partial charge is 0.489 e. The van der Waals surface area contributed by atoms with Gasteiger partial charge in [0.2, 0.25) is 17.6 Å². The minimum absolute atomic E-state index is 0.0503. The summed E-state index contributed by atoms with van der Waals surface area (Å²) in [5.74, 6) is 2.40. The number of carboxylic acids is 2. The molecule has 740 valence electrons. The number of aliphatic carboxylic acids is 2. The van der Waals surface area contributed by atoms with Crippen molar-refractivity contribution in [2.24, 2.45) is 42.4 Å². The molecule has 0 saturated carbocycles. The second-order valence-corrected chi connectivity index (χ2v) is 33.0. The van der Waals surface area contributed by atoms with E-state index in [2.05, 4.69) is 70.6 Å². The fourth-order valence-electron chi connectivity index (χ4n) is 15.4. The Kier molecular flexibility index (Phi) is 36.0. The molecule has 19 rings (SSSR count). The molecule has 0 bridgehead atoms. The highest BCUT2D eigenvalue weighted by atomic mass is 16.6. The third-order valence-corrected chi connectivity index (χ3v) is 23.9. The number of carbonyl (C=O) groups is 10. The molecule has 141 heavy (non-hydrogen) atoms. The quantitative estimate of drug-likeness (QED) is 0.00823. The smallest absolute Gasteiger partial charge is 0.393 e. The number of rotatable bonds is 21. The number of amides is 5. The van der Waals surface area contributed by atoms with Crippen LogP contribution in [0.4, 0.5) is 11.4 Å². The Hall–Kier alpha value is -15.5. The topological polar surface area (TPSA) is 570 Å². The Balaban J connectivity index is 0.000000147. The van der Waals surface area contributed by atoms with Crippen LogP contribution in [0.15, 0.2) is 256 Å². The fraction of sp³-hybridized carbons (Fsp3) is 0.340. The molecule has 41 nitrogen and oxygen atoms in total. The van der Waals surface area contributed by atoms with Gasteiger partial charge < -0.3 is 93.6 Å². The number of para-hydroxylation sites is 4. The lowest BCUT2D eigenvalue weighted by Gasteiger charge is -2.40. The van der Waals surface area contributed by atoms with E-state index in [1.165, 1.54) is 9.80 Å². The van der Waals surface area contributed by atoms with Gasteiger partial charge in [0.25, 0.3) is 29.4 Å². The normalized spacial score (nSPS) is 18.6. The van der Waals surface area contributed by atoms with E-state index < -0.39 is 81.2 Å². The number of anilines is 2. The molecule has 1 aromatic heterocycles. The highest BCUT2D eigenvalue weighted by molar-refractivity contribution is 6.43. The van der Waals surface area contributed by atoms with Crippen LogP contribution in [-0.2, 0) is 123 Å². The number of carboxylic acid groups (broad SMARTS) is 2. The lowest BCUT2D eigenvalue weighted by atomic mass is 9.77. The number of aliphatic imine (C=N–C) groups is 4. The zero-order valence-electron chi connectivity index (χ0n) is 78.4. The Morgan fingerprint density at radius 3 is 1.25 bits per heavy atom. The monoisotopic (exact) mass is 1930 g/mol. The zero-order chi connectivity index (χ0) is 101. The van der Waals surface area contributed by atoms with Crippen LogP contribution in [0.2, 0.25) is 0 Å². The molecule has 41 heteroatoms. The Morgan fingerprint density at radius 1 is 0.475 bits per heavy atom. The minimum Gasteiger partial charge on any atom is -0.489 e. The molecule has 6 fully saturated rings. The number of nitrogens with zero attached hydrogens (tertiary/aromatic N) is 9. The number of hydrogen-bond acceptors (Lipinski definition) is 32. The summed E-state index contributed by atoms with van der Waals surface area (Å²) in [6.07, 6.45) is 0. The van der Waals surface area contributed by atoms with Crippen LogP contribution in [0.3, 0.4) is 0 Å². The zero-order valence-corrected chi connectivity index (χ0v) is 78.4. The van der Waals surface area contributed by atoms with Gasteiger partial charge in [-0.1, -0.05) is 206 Å². The molecule has 5 amide bonds. The van der Waals surface area contributed by atoms with E-state index in [-0.39, 0.29) is 118 Å². The van der Waals surface area contributed by atoms with Gasteiger partial charge in [-0.05, 0) is 85.3 Å². The number of H-pyrrole nitrogens is 1. The third kappa shape index (κ3) is 24.1. The van der Waals surface area contributed by atoms with Crippen molar-refractivity contribution in [1.82, 2.24) is 31.3 Å². The molecule has 0 spiro atoms. The molecular weight excluding hydrogens is 1820 g/mol. The lowest BCUT2D eigenvalue weighted by Crippen LogP contribution is -2.59. The summed E-state index contributed by atoms with van der Waals surface area (Å²) in [4.78, 5) is 142. The van der Waals surface area contributed by atoms with Crippen molar-refractivity contribution in [3.63, 3.8) is 0 Å². The number of esters is 3. The number of carbonyl (C=O) groups excluding carboxylic acids is 8. The number of hydrogen-bond donors (Lipinski definition) is 10. The Bertz CT molecular complexity index is 6010. The van der Waals surface area contributed by atoms with Crippen molar-refractivity contribution >= 4 is 106 Å². The number of likely N-dealkylation sites (N-methyl/N-ethyl adjacent to an activating group) is 2. The SMILES string of the molecule is CCOC(=N)C(=O)OCC.CCOC(=O)/C(N)=N/NC(=O)C1(c2ccccc2)COC1.CCOC(=O)c1n[nH]c(C2(c3ccccc3)COC2)n1.CN1C(=O)[C@@H](N)COc2ccccc21.CN1C(=O)[C@@H](NC(=O)C2=NC(C3(c4ccccc4)COC3)=NC2)COc2ccccc21.NNC(=O)C1(c2ccccc2)COC1.O=C(O)C1(c2ccccc2)COC1.O=C(O)C1=NC(C2(c3ccccc3)COC2)=NC1. The summed E-state index contributed by atoms with van der Waals surface area (Å²) in [5, 5.41) is 38.0. The van der Waals surface area contributed by atoms with Gasteiger partial charge in [-0.3, -0.25) is 54.7 Å². The van der Waals surface area contributed by atoms with Crippen molar-refractivity contribution in [3.8, 4) is 11.5 Å². The second kappa shape index (κ2) is 48.7. The predicted octanol–water partition coefficient (Wildman–Crippen LogP) is 5.36. The number of nitrogens with two attached hydrogens (primary N) is 3. The summed E-state index contributed by atoms with van der Waals surface area (Å²) in [7, 11) is 3.37. The Morgan fingerprint density at radius 2 is 0.851 bits per heavy atom. The highest BCUT2D eigenvalue weighted by Crippen LogP contribution is 2.41. The molecule has 8 aromatic carbocycles. The molecule has 0 aliphatic carbocycles. The van der Waals surface area contributed by atoms with E-state index in [4.69, 9.17) is 75.6 Å². The maximum atomic E-state index is 12.9. The first-order chi connectivity index (χ1) is 68.1. The van der Waals surface area contributed by atoms with Gasteiger partial charge in [0.1, 0.15) is 98.2 Å². The number of benzene rings is 8. The first kappa shape index (κ1) is 104. The van der Waals surface area contributed by atoms with Crippen LogP contribution < -0.4 is 52.8 Å². The van der Waals surface area contributed by atoms with Crippen molar-refractivity contribution in [1.29, 1.82) is 5.41 Å². The molecule has 6 saturated heterocycles. The van der Waals surface area contributed by atoms with Crippen LogP contribution in [0.5, 0.6) is 11.5 Å². The van der Waals surface area contributed by atoms with Crippen LogP contribution in [0.1, 0.15) is 77.5 Å². The number of aromatic nitrogens is 3. The van der Waals surface area contributed by atoms with Crippen LogP contribution in [0.25, 0.3) is 0 Å². The molecular formula is C100H111N17O24. The van der Waals surface area contributed by atoms with Gasteiger partial charge in [0.15, 0.2) is 0 Å². The van der Waals surface area contributed by atoms with Gasteiger partial charge in [-0.2, -0.15) is 0 Å². The number of nitrogens with one attached hydrogen (secondary N) is 5. The number of aromatic amines is 1. The van der Waals surface area contributed by atoms with Gasteiger partial charge in [-0.15, -0.1) is 10.2 Å². The van der Waals surface area contributed by atoms with E-state index in [1.54, 1.807) is 47.9 Å². The van der Waals surface area contributed by atoms with Gasteiger partial charge in [-0.25, -0.2) is 45.4 Å². The summed E-state index contributed by atoms with van der Waals surface area (Å²) in [6.45, 7) is 13.4. The average molecular weight is 1940 g/mol. The van der Waals surface area contributed by atoms with E-state index in [9.17, 15) is 47.9 Å². The second-order valence-electron chi connectivity index (χ2n) is 33.0. The number of hydrazone groups is 1. The number of hydrazine groups is 1. The van der Waals surface area contributed by atoms with Crippen LogP contribution in [-0.4, -0.2) is 278 Å². The Labute approximate surface area is 811 Å². The predicted molar refractivity (Wildman–Crippen MR) is 515 cm³/mol. The molecule has 10 aliphatic heterocycles. The van der Waals surface area contributed by atoms with Crippen molar-refractivity contribution in [3.05, 3.63) is 276 Å². The molecule has 10 aliphatic rings. The van der Waals surface area contributed by atoms with E-state index in [0.29, 0.717) is 101 Å². The third-order valence-electron chi connectivity index (χ3n) is 23.9. The van der Waals surface area contributed by atoms with Crippen LogP contribution >= 0.6 is 0 Å². The van der Waals surface area contributed by atoms with Gasteiger partial charge in [0, 0.05) is 14.1 Å². The first-order valence-electron chi connectivity index (χ1n) is 45.0. The summed E-state index contributed by atoms with van der Waals surface area (Å²) in [6, 6.07) is 71.0. The van der Waals surface area contributed by atoms with Gasteiger partial charge >= 0.3 is 29.8 Å². The average Bonchev–Trinajstić information content (AvgIpc) is 1.67. The van der Waals surface area contributed by atoms with Gasteiger partial charge in [0.05, 0.1) is 130 Å². The molecule has 9 aromatic rings. The molecule has 13 N–H and O–H groups in total. The molecule has 11 heterocycles. The minimum atomic E-state index is -1.00. The van der Waals surface area contributed by atoms with E-state index in [0.717, 1.165) is 39.1 Å². The number of amidine groups is 3.